The molecule has 39 heavy (non-hydrogen) atoms. The van der Waals surface area contributed by atoms with Crippen LogP contribution in [0.1, 0.15) is 30.9 Å². The third-order valence-corrected chi connectivity index (χ3v) is 8.08. The molecule has 0 aromatic heterocycles. The van der Waals surface area contributed by atoms with Gasteiger partial charge in [-0.25, -0.2) is 8.42 Å². The van der Waals surface area contributed by atoms with Crippen molar-refractivity contribution in [3.8, 4) is 0 Å². The van der Waals surface area contributed by atoms with Crippen molar-refractivity contribution in [1.29, 1.82) is 0 Å². The summed E-state index contributed by atoms with van der Waals surface area (Å²) in [4.78, 5) is 29.0. The van der Waals surface area contributed by atoms with Crippen molar-refractivity contribution in [3.05, 3.63) is 99.5 Å². The molecular formula is C29H33BrClN3O4S. The maximum atomic E-state index is 14.0. The van der Waals surface area contributed by atoms with Gasteiger partial charge in [-0.05, 0) is 53.9 Å². The van der Waals surface area contributed by atoms with Crippen LogP contribution in [0, 0.1) is 0 Å². The van der Waals surface area contributed by atoms with Crippen LogP contribution in [0.4, 0.5) is 5.69 Å². The summed E-state index contributed by atoms with van der Waals surface area (Å²) in [5.74, 6) is -0.778. The second-order valence-electron chi connectivity index (χ2n) is 9.24. The van der Waals surface area contributed by atoms with Gasteiger partial charge in [0, 0.05) is 29.0 Å². The maximum Gasteiger partial charge on any atom is 0.244 e. The number of nitrogens with one attached hydrogen (secondary N) is 1. The van der Waals surface area contributed by atoms with Crippen LogP contribution in [0.25, 0.3) is 0 Å². The molecule has 2 amide bonds. The second-order valence-corrected chi connectivity index (χ2v) is 12.5. The first kappa shape index (κ1) is 30.7. The molecule has 3 aromatic rings. The predicted octanol–water partition coefficient (Wildman–Crippen LogP) is 5.42. The Balaban J connectivity index is 2.01. The van der Waals surface area contributed by atoms with Crippen molar-refractivity contribution in [1.82, 2.24) is 10.2 Å². The van der Waals surface area contributed by atoms with E-state index in [0.29, 0.717) is 17.3 Å². The van der Waals surface area contributed by atoms with Crippen molar-refractivity contribution in [3.63, 3.8) is 0 Å². The molecule has 0 aliphatic carbocycles. The molecule has 0 aliphatic heterocycles. The number of amides is 2. The van der Waals surface area contributed by atoms with Crippen LogP contribution in [-0.2, 0) is 32.6 Å². The summed E-state index contributed by atoms with van der Waals surface area (Å²) in [6, 6.07) is 22.3. The highest BCUT2D eigenvalue weighted by Gasteiger charge is 2.32. The van der Waals surface area contributed by atoms with Crippen molar-refractivity contribution < 1.29 is 18.0 Å². The fourth-order valence-electron chi connectivity index (χ4n) is 4.07. The Hall–Kier alpha value is -2.88. The SMILES string of the molecule is CCCCNC(=O)[C@H](Cc1ccccc1)N(Cc1ccc(Br)cc1)C(=O)CN(c1ccc(Cl)cc1)S(C)(=O)=O. The van der Waals surface area contributed by atoms with Gasteiger partial charge in [0.1, 0.15) is 12.6 Å². The molecule has 3 aromatic carbocycles. The lowest BCUT2D eigenvalue weighted by Gasteiger charge is -2.33. The molecule has 7 nitrogen and oxygen atoms in total. The average Bonchev–Trinajstić information content (AvgIpc) is 2.91. The number of nitrogens with zero attached hydrogens (tertiary/aromatic N) is 2. The zero-order valence-electron chi connectivity index (χ0n) is 22.0. The lowest BCUT2D eigenvalue weighted by atomic mass is 10.0. The molecule has 0 heterocycles. The lowest BCUT2D eigenvalue weighted by molar-refractivity contribution is -0.140. The van der Waals surface area contributed by atoms with Gasteiger partial charge in [0.15, 0.2) is 0 Å². The van der Waals surface area contributed by atoms with E-state index in [1.165, 1.54) is 4.90 Å². The molecule has 0 fully saturated rings. The summed E-state index contributed by atoms with van der Waals surface area (Å²) in [7, 11) is -3.82. The number of rotatable bonds is 13. The average molecular weight is 635 g/mol. The summed E-state index contributed by atoms with van der Waals surface area (Å²) in [6.45, 7) is 2.18. The Morgan fingerprint density at radius 2 is 1.59 bits per heavy atom. The van der Waals surface area contributed by atoms with Crippen LogP contribution in [0.15, 0.2) is 83.3 Å². The van der Waals surface area contributed by atoms with E-state index in [1.807, 2.05) is 61.5 Å². The second kappa shape index (κ2) is 14.5. The quantitative estimate of drug-likeness (QED) is 0.254. The first-order valence-corrected chi connectivity index (χ1v) is 15.7. The third kappa shape index (κ3) is 9.37. The van der Waals surface area contributed by atoms with Crippen LogP contribution >= 0.6 is 27.5 Å². The van der Waals surface area contributed by atoms with E-state index in [0.717, 1.165) is 39.0 Å². The Bertz CT molecular complexity index is 1340. The molecule has 0 unspecified atom stereocenters. The van der Waals surface area contributed by atoms with Crippen LogP contribution in [-0.4, -0.2) is 50.5 Å². The fraction of sp³-hybridized carbons (Fsp3) is 0.310. The molecule has 208 valence electrons. The van der Waals surface area contributed by atoms with E-state index in [-0.39, 0.29) is 18.9 Å². The standard InChI is InChI=1S/C29H33BrClN3O4S/c1-3-4-18-32-29(36)27(19-22-8-6-5-7-9-22)33(20-23-10-12-24(30)13-11-23)28(35)21-34(39(2,37)38)26-16-14-25(31)15-17-26/h5-17,27H,3-4,18-21H2,1-2H3,(H,32,36)/t27-/m0/s1. The number of hydrogen-bond acceptors (Lipinski definition) is 4. The third-order valence-electron chi connectivity index (χ3n) is 6.16. The summed E-state index contributed by atoms with van der Waals surface area (Å²) in [6.07, 6.45) is 3.05. The van der Waals surface area contributed by atoms with Crippen molar-refractivity contribution >= 4 is 55.1 Å². The highest BCUT2D eigenvalue weighted by molar-refractivity contribution is 9.10. The molecule has 1 N–H and O–H groups in total. The highest BCUT2D eigenvalue weighted by atomic mass is 79.9. The minimum atomic E-state index is -3.82. The molecule has 10 heteroatoms. The number of carbonyl (C=O) groups is 2. The maximum absolute atomic E-state index is 14.0. The van der Waals surface area contributed by atoms with Gasteiger partial charge in [-0.15, -0.1) is 0 Å². The first-order valence-electron chi connectivity index (χ1n) is 12.7. The Labute approximate surface area is 244 Å². The minimum Gasteiger partial charge on any atom is -0.354 e. The van der Waals surface area contributed by atoms with Gasteiger partial charge < -0.3 is 10.2 Å². The monoisotopic (exact) mass is 633 g/mol. The van der Waals surface area contributed by atoms with Gasteiger partial charge in [-0.1, -0.05) is 83.3 Å². The number of anilines is 1. The van der Waals surface area contributed by atoms with Gasteiger partial charge in [0.2, 0.25) is 21.8 Å². The molecule has 0 saturated heterocycles. The predicted molar refractivity (Wildman–Crippen MR) is 160 cm³/mol. The fourth-order valence-corrected chi connectivity index (χ4v) is 5.31. The minimum absolute atomic E-state index is 0.128. The van der Waals surface area contributed by atoms with Gasteiger partial charge >= 0.3 is 0 Å². The van der Waals surface area contributed by atoms with Crippen LogP contribution < -0.4 is 9.62 Å². The van der Waals surface area contributed by atoms with Gasteiger partial charge in [-0.3, -0.25) is 13.9 Å². The van der Waals surface area contributed by atoms with Gasteiger partial charge in [0.25, 0.3) is 0 Å². The smallest absolute Gasteiger partial charge is 0.244 e. The Morgan fingerprint density at radius 1 is 0.949 bits per heavy atom. The lowest BCUT2D eigenvalue weighted by Crippen LogP contribution is -2.53. The number of unbranched alkanes of at least 4 members (excludes halogenated alkanes) is 1. The van der Waals surface area contributed by atoms with Crippen molar-refractivity contribution in [2.75, 3.05) is 23.7 Å². The van der Waals surface area contributed by atoms with Gasteiger partial charge in [0.05, 0.1) is 11.9 Å². The van der Waals surface area contributed by atoms with E-state index < -0.39 is 28.5 Å². The zero-order valence-corrected chi connectivity index (χ0v) is 25.2. The topological polar surface area (TPSA) is 86.8 Å². The number of carbonyl (C=O) groups excluding carboxylic acids is 2. The number of halogens is 2. The van der Waals surface area contributed by atoms with Gasteiger partial charge in [-0.2, -0.15) is 0 Å². The van der Waals surface area contributed by atoms with Crippen LogP contribution in [0.2, 0.25) is 5.02 Å². The summed E-state index contributed by atoms with van der Waals surface area (Å²) in [5.41, 5.74) is 2.01. The van der Waals surface area contributed by atoms with Crippen LogP contribution in [0.3, 0.4) is 0 Å². The summed E-state index contributed by atoms with van der Waals surface area (Å²) in [5, 5.41) is 3.42. The number of sulfonamides is 1. The summed E-state index contributed by atoms with van der Waals surface area (Å²) >= 11 is 9.43. The van der Waals surface area contributed by atoms with E-state index in [2.05, 4.69) is 21.2 Å². The van der Waals surface area contributed by atoms with E-state index in [1.54, 1.807) is 24.3 Å². The summed E-state index contributed by atoms with van der Waals surface area (Å²) < 4.78 is 27.5. The molecule has 0 spiro atoms. The van der Waals surface area contributed by atoms with E-state index in [9.17, 15) is 18.0 Å². The normalized spacial score (nSPS) is 12.0. The van der Waals surface area contributed by atoms with Crippen molar-refractivity contribution in [2.45, 2.75) is 38.8 Å². The number of benzene rings is 3. The Morgan fingerprint density at radius 3 is 2.18 bits per heavy atom. The molecule has 0 aliphatic rings. The van der Waals surface area contributed by atoms with Crippen LogP contribution in [0.5, 0.6) is 0 Å². The molecule has 0 radical (unpaired) electrons. The molecular weight excluding hydrogens is 602 g/mol. The van der Waals surface area contributed by atoms with E-state index >= 15 is 0 Å². The molecule has 0 bridgehead atoms. The first-order chi connectivity index (χ1) is 18.6. The Kier molecular flexibility index (Phi) is 11.4. The van der Waals surface area contributed by atoms with E-state index in [4.69, 9.17) is 11.6 Å². The molecule has 0 saturated carbocycles. The van der Waals surface area contributed by atoms with Crippen molar-refractivity contribution in [2.24, 2.45) is 0 Å². The largest absolute Gasteiger partial charge is 0.354 e. The molecule has 3 rings (SSSR count). The highest BCUT2D eigenvalue weighted by Crippen LogP contribution is 2.22. The molecule has 1 atom stereocenters. The number of hydrogen-bond donors (Lipinski definition) is 1. The zero-order chi connectivity index (χ0) is 28.4.